The van der Waals surface area contributed by atoms with Crippen LogP contribution < -0.4 is 10.2 Å². The molecule has 0 saturated carbocycles. The fourth-order valence-electron chi connectivity index (χ4n) is 6.01. The Morgan fingerprint density at radius 1 is 0.364 bits per heavy atom. The van der Waals surface area contributed by atoms with Gasteiger partial charge in [-0.2, -0.15) is 0 Å². The van der Waals surface area contributed by atoms with E-state index in [-0.39, 0.29) is 21.1 Å². The van der Waals surface area contributed by atoms with Crippen molar-refractivity contribution in [2.24, 2.45) is 0 Å². The fourth-order valence-corrected chi connectivity index (χ4v) is 6.01. The number of esters is 2. The predicted octanol–water partition coefficient (Wildman–Crippen LogP) is 11.0. The molecule has 55 heavy (non-hydrogen) atoms. The van der Waals surface area contributed by atoms with E-state index in [0.29, 0.717) is 25.4 Å². The normalized spacial score (nSPS) is 10.7. The van der Waals surface area contributed by atoms with Gasteiger partial charge in [0.1, 0.15) is 0 Å². The maximum atomic E-state index is 11.1. The van der Waals surface area contributed by atoms with Gasteiger partial charge in [-0.3, -0.25) is 0 Å². The molecule has 0 aliphatic heterocycles. The molecule has 0 rings (SSSR count). The van der Waals surface area contributed by atoms with Crippen LogP contribution in [0.2, 0.25) is 9.88 Å². The molecule has 0 unspecified atom stereocenters. The average molecular weight is 884 g/mol. The van der Waals surface area contributed by atoms with Crippen LogP contribution in [0.4, 0.5) is 0 Å². The molecule has 0 heterocycles. The average Bonchev–Trinajstić information content (AvgIpc) is 3.16. The molecule has 0 bridgehead atoms. The van der Waals surface area contributed by atoms with Crippen molar-refractivity contribution in [3.05, 3.63) is 24.3 Å². The Kier molecular flexibility index (Phi) is 54.5. The van der Waals surface area contributed by atoms with Crippen molar-refractivity contribution in [1.82, 2.24) is 0 Å². The molecule has 0 aromatic rings. The molecule has 8 nitrogen and oxygen atoms in total. The first-order valence-electron chi connectivity index (χ1n) is 22.4. The molecular weight excluding hydrogens is 799 g/mol. The molecule has 0 aliphatic carbocycles. The van der Waals surface area contributed by atoms with Crippen molar-refractivity contribution >= 4 is 45.0 Å². The molecule has 0 radical (unpaired) electrons. The van der Waals surface area contributed by atoms with Gasteiger partial charge in [-0.25, -0.2) is 9.59 Å². The van der Waals surface area contributed by atoms with E-state index in [4.69, 9.17) is 9.47 Å². The van der Waals surface area contributed by atoms with E-state index < -0.39 is 23.9 Å². The number of ether oxygens (including phenoxy) is 2. The zero-order valence-corrected chi connectivity index (χ0v) is 39.0. The number of hydrogen-bond donors (Lipinski definition) is 0. The first-order chi connectivity index (χ1) is 26.7. The van der Waals surface area contributed by atoms with E-state index in [1.54, 1.807) is 0 Å². The van der Waals surface area contributed by atoms with E-state index in [0.717, 1.165) is 37.8 Å². The summed E-state index contributed by atoms with van der Waals surface area (Å²) in [4.78, 5) is 47.1. The molecule has 0 aromatic heterocycles. The van der Waals surface area contributed by atoms with E-state index in [9.17, 15) is 29.4 Å². The van der Waals surface area contributed by atoms with E-state index in [2.05, 4.69) is 23.7 Å². The van der Waals surface area contributed by atoms with Crippen LogP contribution in [0.25, 0.3) is 0 Å². The number of carboxylic acid groups (broad SMARTS) is 2. The van der Waals surface area contributed by atoms with Crippen LogP contribution in [0.1, 0.15) is 219 Å². The second kappa shape index (κ2) is 52.2. The summed E-state index contributed by atoms with van der Waals surface area (Å²) in [6.45, 7) is 5.24. The molecular formula is C46H84O8Sn. The van der Waals surface area contributed by atoms with Gasteiger partial charge < -0.3 is 29.3 Å². The van der Waals surface area contributed by atoms with Gasteiger partial charge in [0.2, 0.25) is 0 Å². The van der Waals surface area contributed by atoms with Crippen LogP contribution in [-0.2, 0) is 28.7 Å². The monoisotopic (exact) mass is 885 g/mol. The van der Waals surface area contributed by atoms with Crippen molar-refractivity contribution in [3.63, 3.8) is 0 Å². The molecule has 0 N–H and O–H groups in total. The standard InChI is InChI=1S/2C22H40O4.2CH3.Sn/c2*1-2-3-4-5-6-7-8-9-10-11-12-13-14-15-16-17-20-26-22(25)19-18-21(23)24;;;/h2*18-19H,2-17,20H2,1H3,(H,23,24);2*1H3;/q;;;;+2/p-2/b2*19-18-;;;. The van der Waals surface area contributed by atoms with E-state index in [1.807, 2.05) is 0 Å². The second-order valence-corrected chi connectivity index (χ2v) is 17.6. The van der Waals surface area contributed by atoms with Gasteiger partial charge in [0.15, 0.2) is 0 Å². The van der Waals surface area contributed by atoms with Gasteiger partial charge in [-0.15, -0.1) is 0 Å². The van der Waals surface area contributed by atoms with Crippen molar-refractivity contribution in [3.8, 4) is 0 Å². The quantitative estimate of drug-likeness (QED) is 0.0259. The van der Waals surface area contributed by atoms with Crippen molar-refractivity contribution < 1.29 is 38.9 Å². The van der Waals surface area contributed by atoms with E-state index >= 15 is 0 Å². The molecule has 0 aromatic carbocycles. The molecule has 0 fully saturated rings. The van der Waals surface area contributed by atoms with Gasteiger partial charge in [-0.05, 0) is 25.0 Å². The Morgan fingerprint density at radius 2 is 0.545 bits per heavy atom. The van der Waals surface area contributed by atoms with Gasteiger partial charge >= 0.3 is 43.0 Å². The van der Waals surface area contributed by atoms with Gasteiger partial charge in [0.05, 0.1) is 25.2 Å². The molecule has 0 aliphatic rings. The predicted molar refractivity (Wildman–Crippen MR) is 227 cm³/mol. The molecule has 0 atom stereocenters. The Bertz CT molecular complexity index is 819. The van der Waals surface area contributed by atoms with Crippen LogP contribution >= 0.6 is 0 Å². The Balaban J connectivity index is -0.000000917. The Hall–Kier alpha value is -1.84. The number of carbonyl (C=O) groups excluding carboxylic acids is 4. The zero-order chi connectivity index (χ0) is 41.3. The summed E-state index contributed by atoms with van der Waals surface area (Å²) in [7, 11) is 0. The fraction of sp³-hybridized carbons (Fsp3) is 0.826. The van der Waals surface area contributed by atoms with Gasteiger partial charge in [-0.1, -0.05) is 206 Å². The maximum absolute atomic E-state index is 11.1. The number of rotatable bonds is 38. The summed E-state index contributed by atoms with van der Waals surface area (Å²) >= 11 is 0.230. The third-order valence-corrected chi connectivity index (χ3v) is 9.20. The van der Waals surface area contributed by atoms with Gasteiger partial charge in [0, 0.05) is 12.2 Å². The first kappa shape index (κ1) is 57.5. The Morgan fingerprint density at radius 3 is 0.727 bits per heavy atom. The van der Waals surface area contributed by atoms with Crippen molar-refractivity contribution in [1.29, 1.82) is 0 Å². The van der Waals surface area contributed by atoms with Gasteiger partial charge in [0.25, 0.3) is 0 Å². The molecule has 0 spiro atoms. The minimum atomic E-state index is -1.38. The van der Waals surface area contributed by atoms with E-state index in [1.165, 1.54) is 180 Å². The molecule has 0 saturated heterocycles. The molecule has 320 valence electrons. The van der Waals surface area contributed by atoms with Crippen LogP contribution in [0.3, 0.4) is 0 Å². The number of aliphatic carboxylic acids is 2. The van der Waals surface area contributed by atoms with Crippen LogP contribution in [0, 0.1) is 0 Å². The van der Waals surface area contributed by atoms with Crippen LogP contribution in [-0.4, -0.2) is 58.2 Å². The second-order valence-electron chi connectivity index (χ2n) is 14.7. The minimum absolute atomic E-state index is 0.230. The number of unbranched alkanes of at least 4 members (excludes halogenated alkanes) is 30. The number of carboxylic acids is 2. The SMILES string of the molecule is CCCCCCCCCCCCCCCCCCOC(=O)/C=C\C(=O)[O-].CCCCCCCCCCCCCCCCCCOC(=O)/C=C\C(=O)[O-].[CH3][Sn+2][CH3]. The third kappa shape index (κ3) is 61.6. The topological polar surface area (TPSA) is 133 Å². The summed E-state index contributed by atoms with van der Waals surface area (Å²) in [5.41, 5.74) is 0. The summed E-state index contributed by atoms with van der Waals surface area (Å²) in [6, 6.07) is 0. The summed E-state index contributed by atoms with van der Waals surface area (Å²) < 4.78 is 9.79. The molecule has 0 amide bonds. The van der Waals surface area contributed by atoms with Crippen LogP contribution in [0.15, 0.2) is 24.3 Å². The van der Waals surface area contributed by atoms with Crippen LogP contribution in [0.5, 0.6) is 0 Å². The zero-order valence-electron chi connectivity index (χ0n) is 36.1. The third-order valence-electron chi connectivity index (χ3n) is 9.20. The first-order valence-corrected chi connectivity index (χ1v) is 28.2. The Labute approximate surface area is 349 Å². The molecule has 9 heteroatoms. The summed E-state index contributed by atoms with van der Waals surface area (Å²) in [6.07, 6.45) is 44.9. The van der Waals surface area contributed by atoms with Crippen molar-refractivity contribution in [2.45, 2.75) is 229 Å². The number of hydrogen-bond acceptors (Lipinski definition) is 8. The summed E-state index contributed by atoms with van der Waals surface area (Å²) in [5.74, 6) is -4.00. The van der Waals surface area contributed by atoms with Crippen molar-refractivity contribution in [2.75, 3.05) is 13.2 Å². The summed E-state index contributed by atoms with van der Waals surface area (Å²) in [5, 5.41) is 20.3. The number of carbonyl (C=O) groups is 4.